The fourth-order valence-electron chi connectivity index (χ4n) is 2.34. The molecule has 0 saturated carbocycles. The Kier molecular flexibility index (Phi) is 6.58. The fraction of sp³-hybridized carbons (Fsp3) is 0.571. The Balaban J connectivity index is 0.00000180. The highest BCUT2D eigenvalue weighted by Gasteiger charge is 2.20. The average molecular weight is 287 g/mol. The van der Waals surface area contributed by atoms with Crippen LogP contribution in [0.4, 0.5) is 0 Å². The van der Waals surface area contributed by atoms with Gasteiger partial charge in [0.1, 0.15) is 5.75 Å². The Hall–Kier alpha value is -0.810. The van der Waals surface area contributed by atoms with Crippen LogP contribution < -0.4 is 10.5 Å². The second-order valence-electron chi connectivity index (χ2n) is 4.78. The van der Waals surface area contributed by atoms with E-state index in [0.717, 1.165) is 32.0 Å². The lowest BCUT2D eigenvalue weighted by molar-refractivity contribution is -0.0262. The minimum absolute atomic E-state index is 0. The Bertz CT molecular complexity index is 401. The Morgan fingerprint density at radius 3 is 2.95 bits per heavy atom. The van der Waals surface area contributed by atoms with Gasteiger partial charge in [0.2, 0.25) is 0 Å². The SMILES string of the molecule is COc1ccc(C)cc1CN1CCOC(CN)C1.Cl. The summed E-state index contributed by atoms with van der Waals surface area (Å²) in [6.45, 7) is 6.19. The van der Waals surface area contributed by atoms with Crippen molar-refractivity contribution in [3.8, 4) is 5.75 Å². The molecule has 1 aliphatic heterocycles. The lowest BCUT2D eigenvalue weighted by Gasteiger charge is -2.32. The molecule has 1 fully saturated rings. The minimum Gasteiger partial charge on any atom is -0.496 e. The third-order valence-electron chi connectivity index (χ3n) is 3.32. The molecule has 1 aromatic rings. The van der Waals surface area contributed by atoms with Crippen LogP contribution in [0.2, 0.25) is 0 Å². The number of methoxy groups -OCH3 is 1. The van der Waals surface area contributed by atoms with E-state index in [1.165, 1.54) is 11.1 Å². The van der Waals surface area contributed by atoms with E-state index >= 15 is 0 Å². The van der Waals surface area contributed by atoms with Gasteiger partial charge in [0.15, 0.2) is 0 Å². The summed E-state index contributed by atoms with van der Waals surface area (Å²) in [4.78, 5) is 2.37. The van der Waals surface area contributed by atoms with Crippen LogP contribution in [0.1, 0.15) is 11.1 Å². The van der Waals surface area contributed by atoms with E-state index in [2.05, 4.69) is 24.0 Å². The van der Waals surface area contributed by atoms with E-state index in [-0.39, 0.29) is 18.5 Å². The van der Waals surface area contributed by atoms with Crippen LogP contribution in [-0.2, 0) is 11.3 Å². The monoisotopic (exact) mass is 286 g/mol. The van der Waals surface area contributed by atoms with E-state index in [1.54, 1.807) is 7.11 Å². The van der Waals surface area contributed by atoms with Gasteiger partial charge in [-0.1, -0.05) is 17.7 Å². The fourth-order valence-corrected chi connectivity index (χ4v) is 2.34. The number of halogens is 1. The molecule has 2 rings (SSSR count). The minimum atomic E-state index is 0. The van der Waals surface area contributed by atoms with Crippen molar-refractivity contribution in [2.24, 2.45) is 5.73 Å². The van der Waals surface area contributed by atoms with Crippen molar-refractivity contribution in [1.82, 2.24) is 4.90 Å². The number of nitrogens with zero attached hydrogens (tertiary/aromatic N) is 1. The molecule has 1 heterocycles. The number of morpholine rings is 1. The maximum Gasteiger partial charge on any atom is 0.123 e. The van der Waals surface area contributed by atoms with Crippen LogP contribution in [-0.4, -0.2) is 44.4 Å². The van der Waals surface area contributed by atoms with Crippen molar-refractivity contribution in [3.63, 3.8) is 0 Å². The zero-order valence-electron chi connectivity index (χ0n) is 11.6. The molecule has 0 spiro atoms. The van der Waals surface area contributed by atoms with Crippen molar-refractivity contribution in [2.75, 3.05) is 33.4 Å². The quantitative estimate of drug-likeness (QED) is 0.913. The van der Waals surface area contributed by atoms with Gasteiger partial charge in [-0.05, 0) is 13.0 Å². The molecular weight excluding hydrogens is 264 g/mol. The predicted octanol–water partition coefficient (Wildman–Crippen LogP) is 1.58. The first-order chi connectivity index (χ1) is 8.72. The molecule has 1 aliphatic rings. The summed E-state index contributed by atoms with van der Waals surface area (Å²) in [7, 11) is 1.72. The number of hydrogen-bond acceptors (Lipinski definition) is 4. The van der Waals surface area contributed by atoms with Crippen molar-refractivity contribution in [3.05, 3.63) is 29.3 Å². The summed E-state index contributed by atoms with van der Waals surface area (Å²) < 4.78 is 11.0. The van der Waals surface area contributed by atoms with Gasteiger partial charge in [0.05, 0.1) is 19.8 Å². The summed E-state index contributed by atoms with van der Waals surface area (Å²) in [5.41, 5.74) is 8.15. The number of nitrogens with two attached hydrogens (primary N) is 1. The third kappa shape index (κ3) is 4.35. The largest absolute Gasteiger partial charge is 0.496 e. The summed E-state index contributed by atoms with van der Waals surface area (Å²) >= 11 is 0. The van der Waals surface area contributed by atoms with Crippen molar-refractivity contribution < 1.29 is 9.47 Å². The molecule has 1 unspecified atom stereocenters. The number of hydrogen-bond donors (Lipinski definition) is 1. The Labute approximate surface area is 121 Å². The van der Waals surface area contributed by atoms with Crippen LogP contribution >= 0.6 is 12.4 Å². The average Bonchev–Trinajstić information content (AvgIpc) is 2.39. The van der Waals surface area contributed by atoms with E-state index < -0.39 is 0 Å². The first kappa shape index (κ1) is 16.2. The van der Waals surface area contributed by atoms with Crippen LogP contribution in [0.25, 0.3) is 0 Å². The summed E-state index contributed by atoms with van der Waals surface area (Å²) in [6.07, 6.45) is 0.162. The van der Waals surface area contributed by atoms with Crippen LogP contribution in [0, 0.1) is 6.92 Å². The molecule has 0 radical (unpaired) electrons. The first-order valence-corrected chi connectivity index (χ1v) is 6.40. The Morgan fingerprint density at radius 2 is 2.26 bits per heavy atom. The van der Waals surface area contributed by atoms with Crippen molar-refractivity contribution in [2.45, 2.75) is 19.6 Å². The van der Waals surface area contributed by atoms with Crippen LogP contribution in [0.15, 0.2) is 18.2 Å². The van der Waals surface area contributed by atoms with Gasteiger partial charge in [-0.2, -0.15) is 0 Å². The van der Waals surface area contributed by atoms with E-state index in [1.807, 2.05) is 6.07 Å². The maximum atomic E-state index is 5.66. The number of benzene rings is 1. The molecule has 2 N–H and O–H groups in total. The second-order valence-corrected chi connectivity index (χ2v) is 4.78. The topological polar surface area (TPSA) is 47.7 Å². The highest BCUT2D eigenvalue weighted by atomic mass is 35.5. The molecule has 0 bridgehead atoms. The molecular formula is C14H23ClN2O2. The molecule has 0 aliphatic carbocycles. The zero-order chi connectivity index (χ0) is 13.0. The van der Waals surface area contributed by atoms with Crippen molar-refractivity contribution in [1.29, 1.82) is 0 Å². The standard InChI is InChI=1S/C14H22N2O2.ClH/c1-11-3-4-14(17-2)12(7-11)9-16-5-6-18-13(8-15)10-16;/h3-4,7,13H,5-6,8-10,15H2,1-2H3;1H. The molecule has 0 aromatic heterocycles. The smallest absolute Gasteiger partial charge is 0.123 e. The van der Waals surface area contributed by atoms with Crippen LogP contribution in [0.5, 0.6) is 5.75 Å². The van der Waals surface area contributed by atoms with Crippen LogP contribution in [0.3, 0.4) is 0 Å². The highest BCUT2D eigenvalue weighted by Crippen LogP contribution is 2.22. The van der Waals surface area contributed by atoms with E-state index in [9.17, 15) is 0 Å². The van der Waals surface area contributed by atoms with Gasteiger partial charge in [0, 0.05) is 31.7 Å². The molecule has 19 heavy (non-hydrogen) atoms. The van der Waals surface area contributed by atoms with E-state index in [4.69, 9.17) is 15.2 Å². The normalized spacial score (nSPS) is 19.8. The molecule has 4 nitrogen and oxygen atoms in total. The van der Waals surface area contributed by atoms with Gasteiger partial charge in [-0.3, -0.25) is 4.90 Å². The highest BCUT2D eigenvalue weighted by molar-refractivity contribution is 5.85. The molecule has 0 amide bonds. The lowest BCUT2D eigenvalue weighted by atomic mass is 10.1. The van der Waals surface area contributed by atoms with Gasteiger partial charge in [-0.25, -0.2) is 0 Å². The Morgan fingerprint density at radius 1 is 1.47 bits per heavy atom. The lowest BCUT2D eigenvalue weighted by Crippen LogP contribution is -2.45. The van der Waals surface area contributed by atoms with Crippen molar-refractivity contribution >= 4 is 12.4 Å². The molecule has 108 valence electrons. The summed E-state index contributed by atoms with van der Waals surface area (Å²) in [5.74, 6) is 0.955. The van der Waals surface area contributed by atoms with E-state index in [0.29, 0.717) is 6.54 Å². The van der Waals surface area contributed by atoms with Gasteiger partial charge >= 0.3 is 0 Å². The summed E-state index contributed by atoms with van der Waals surface area (Å²) in [6, 6.07) is 6.29. The molecule has 1 aromatic carbocycles. The maximum absolute atomic E-state index is 5.66. The second kappa shape index (κ2) is 7.70. The van der Waals surface area contributed by atoms with Gasteiger partial charge < -0.3 is 15.2 Å². The molecule has 1 saturated heterocycles. The predicted molar refractivity (Wildman–Crippen MR) is 79.1 cm³/mol. The molecule has 1 atom stereocenters. The zero-order valence-corrected chi connectivity index (χ0v) is 12.4. The number of rotatable bonds is 4. The first-order valence-electron chi connectivity index (χ1n) is 6.40. The number of aryl methyl sites for hydroxylation is 1. The third-order valence-corrected chi connectivity index (χ3v) is 3.32. The summed E-state index contributed by atoms with van der Waals surface area (Å²) in [5, 5.41) is 0. The van der Waals surface area contributed by atoms with Gasteiger partial charge in [0.25, 0.3) is 0 Å². The number of ether oxygens (including phenoxy) is 2. The molecule has 5 heteroatoms. The van der Waals surface area contributed by atoms with Gasteiger partial charge in [-0.15, -0.1) is 12.4 Å².